The summed E-state index contributed by atoms with van der Waals surface area (Å²) < 4.78 is 0. The second-order valence-corrected chi connectivity index (χ2v) is 3.71. The van der Waals surface area contributed by atoms with Crippen molar-refractivity contribution in [3.8, 4) is 0 Å². The number of fused-ring (bicyclic) bond motifs is 1. The van der Waals surface area contributed by atoms with Crippen molar-refractivity contribution in [3.63, 3.8) is 0 Å². The molecule has 3 fully saturated rings. The minimum atomic E-state index is 1.06. The van der Waals surface area contributed by atoms with Crippen molar-refractivity contribution in [2.45, 2.75) is 40.5 Å². The van der Waals surface area contributed by atoms with Crippen LogP contribution in [-0.2, 0) is 0 Å². The van der Waals surface area contributed by atoms with Gasteiger partial charge in [0.1, 0.15) is 0 Å². The summed E-state index contributed by atoms with van der Waals surface area (Å²) in [5, 5.41) is 0. The van der Waals surface area contributed by atoms with Crippen molar-refractivity contribution in [2.24, 2.45) is 23.7 Å². The Morgan fingerprint density at radius 3 is 1.20 bits per heavy atom. The predicted octanol–water partition coefficient (Wildman–Crippen LogP) is 3.32. The Morgan fingerprint density at radius 2 is 1.10 bits per heavy atom. The van der Waals surface area contributed by atoms with Crippen LogP contribution in [0.3, 0.4) is 0 Å². The Labute approximate surface area is 65.0 Å². The fourth-order valence-electron chi connectivity index (χ4n) is 2.43. The number of hydrogen-bond donors (Lipinski definition) is 0. The third-order valence-electron chi connectivity index (χ3n) is 3.53. The molecule has 3 rings (SSSR count). The summed E-state index contributed by atoms with van der Waals surface area (Å²) in [6.45, 7) is 8.84. The monoisotopic (exact) mass is 140 g/mol. The van der Waals surface area contributed by atoms with Crippen LogP contribution in [-0.4, -0.2) is 0 Å². The molecular weight excluding hydrogens is 120 g/mol. The lowest BCUT2D eigenvalue weighted by Crippen LogP contribution is -2.13. The molecule has 60 valence electrons. The van der Waals surface area contributed by atoms with Crippen LogP contribution in [0.1, 0.15) is 40.5 Å². The minimum Gasteiger partial charge on any atom is -0.0683 e. The minimum absolute atomic E-state index is 1.06. The lowest BCUT2D eigenvalue weighted by Gasteiger charge is -2.23. The molecule has 3 aliphatic rings. The first-order chi connectivity index (χ1) is 4.79. The van der Waals surface area contributed by atoms with Crippen LogP contribution in [0.4, 0.5) is 0 Å². The van der Waals surface area contributed by atoms with Gasteiger partial charge in [-0.1, -0.05) is 27.7 Å². The van der Waals surface area contributed by atoms with Gasteiger partial charge in [-0.15, -0.1) is 0 Å². The van der Waals surface area contributed by atoms with Gasteiger partial charge in [0.25, 0.3) is 0 Å². The summed E-state index contributed by atoms with van der Waals surface area (Å²) in [4.78, 5) is 0. The number of rotatable bonds is 0. The summed E-state index contributed by atoms with van der Waals surface area (Å²) in [7, 11) is 0. The van der Waals surface area contributed by atoms with E-state index in [0.717, 1.165) is 23.7 Å². The fourth-order valence-corrected chi connectivity index (χ4v) is 2.43. The van der Waals surface area contributed by atoms with E-state index in [1.54, 1.807) is 12.8 Å². The standard InChI is InChI=1S/C8H14.C2H6/c1-5-6(2)8-3-7(5)4-8;1-2/h5-8H,3-4H2,1-2H3;1-2H3. The van der Waals surface area contributed by atoms with E-state index < -0.39 is 0 Å². The van der Waals surface area contributed by atoms with Crippen LogP contribution in [0.25, 0.3) is 0 Å². The van der Waals surface area contributed by atoms with Crippen LogP contribution in [0, 0.1) is 23.7 Å². The average Bonchev–Trinajstić information content (AvgIpc) is 2.24. The maximum Gasteiger partial charge on any atom is -0.0380 e. The highest BCUT2D eigenvalue weighted by molar-refractivity contribution is 4.96. The van der Waals surface area contributed by atoms with Gasteiger partial charge in [-0.3, -0.25) is 0 Å². The van der Waals surface area contributed by atoms with Crippen LogP contribution < -0.4 is 0 Å². The molecule has 0 heteroatoms. The van der Waals surface area contributed by atoms with Crippen molar-refractivity contribution in [2.75, 3.05) is 0 Å². The Morgan fingerprint density at radius 1 is 0.800 bits per heavy atom. The third-order valence-corrected chi connectivity index (χ3v) is 3.53. The molecule has 0 aromatic heterocycles. The second kappa shape index (κ2) is 2.94. The van der Waals surface area contributed by atoms with E-state index >= 15 is 0 Å². The van der Waals surface area contributed by atoms with Gasteiger partial charge in [-0.05, 0) is 36.5 Å². The molecule has 0 N–H and O–H groups in total. The summed E-state index contributed by atoms with van der Waals surface area (Å²) >= 11 is 0. The highest BCUT2D eigenvalue weighted by atomic mass is 14.5. The van der Waals surface area contributed by atoms with E-state index in [4.69, 9.17) is 0 Å². The molecule has 2 unspecified atom stereocenters. The summed E-state index contributed by atoms with van der Waals surface area (Å²) in [6.07, 6.45) is 3.12. The average molecular weight is 140 g/mol. The van der Waals surface area contributed by atoms with Gasteiger partial charge in [-0.25, -0.2) is 0 Å². The first-order valence-electron chi connectivity index (χ1n) is 4.79. The molecule has 0 aliphatic heterocycles. The van der Waals surface area contributed by atoms with Crippen LogP contribution in [0.15, 0.2) is 0 Å². The van der Waals surface area contributed by atoms with E-state index in [-0.39, 0.29) is 0 Å². The van der Waals surface area contributed by atoms with Crippen LogP contribution in [0.5, 0.6) is 0 Å². The van der Waals surface area contributed by atoms with E-state index in [1.807, 2.05) is 13.8 Å². The molecule has 2 atom stereocenters. The lowest BCUT2D eigenvalue weighted by molar-refractivity contribution is 0.273. The maximum atomic E-state index is 2.42. The van der Waals surface area contributed by atoms with Gasteiger partial charge in [0.05, 0.1) is 0 Å². The largest absolute Gasteiger partial charge is 0.0683 e. The quantitative estimate of drug-likeness (QED) is 0.484. The summed E-state index contributed by atoms with van der Waals surface area (Å²) in [5.41, 5.74) is 0. The molecule has 0 radical (unpaired) electrons. The molecule has 0 nitrogen and oxygen atoms in total. The summed E-state index contributed by atoms with van der Waals surface area (Å²) in [6, 6.07) is 0. The lowest BCUT2D eigenvalue weighted by atomic mass is 9.82. The molecule has 3 saturated carbocycles. The van der Waals surface area contributed by atoms with Gasteiger partial charge in [0, 0.05) is 0 Å². The molecule has 0 aromatic rings. The second-order valence-electron chi connectivity index (χ2n) is 3.71. The molecule has 0 amide bonds. The Hall–Kier alpha value is 0. The topological polar surface area (TPSA) is 0 Å². The van der Waals surface area contributed by atoms with Gasteiger partial charge >= 0.3 is 0 Å². The van der Waals surface area contributed by atoms with Crippen molar-refractivity contribution < 1.29 is 0 Å². The maximum absolute atomic E-state index is 2.42. The third kappa shape index (κ3) is 0.980. The molecule has 2 bridgehead atoms. The SMILES string of the molecule is CC.CC1C2CC(C2)C1C. The molecule has 0 saturated heterocycles. The highest BCUT2D eigenvalue weighted by Crippen LogP contribution is 2.55. The van der Waals surface area contributed by atoms with Crippen molar-refractivity contribution >= 4 is 0 Å². The normalized spacial score (nSPS) is 49.2. The highest BCUT2D eigenvalue weighted by Gasteiger charge is 2.47. The van der Waals surface area contributed by atoms with Crippen molar-refractivity contribution in [1.29, 1.82) is 0 Å². The fraction of sp³-hybridized carbons (Fsp3) is 1.00. The van der Waals surface area contributed by atoms with Gasteiger partial charge in [0.15, 0.2) is 0 Å². The van der Waals surface area contributed by atoms with E-state index in [2.05, 4.69) is 13.8 Å². The first-order valence-corrected chi connectivity index (χ1v) is 4.79. The van der Waals surface area contributed by atoms with E-state index in [9.17, 15) is 0 Å². The van der Waals surface area contributed by atoms with Crippen molar-refractivity contribution in [1.82, 2.24) is 0 Å². The Balaban J connectivity index is 0.000000231. The first kappa shape index (κ1) is 8.10. The molecular formula is C10H20. The van der Waals surface area contributed by atoms with Crippen LogP contribution in [0.2, 0.25) is 0 Å². The molecule has 10 heavy (non-hydrogen) atoms. The zero-order valence-electron chi connectivity index (χ0n) is 7.72. The Bertz CT molecular complexity index is 88.6. The number of hydrogen-bond acceptors (Lipinski definition) is 0. The predicted molar refractivity (Wildman–Crippen MR) is 45.9 cm³/mol. The summed E-state index contributed by atoms with van der Waals surface area (Å²) in [5.74, 6) is 4.38. The van der Waals surface area contributed by atoms with Crippen LogP contribution >= 0.6 is 0 Å². The van der Waals surface area contributed by atoms with Crippen molar-refractivity contribution in [3.05, 3.63) is 0 Å². The molecule has 3 aliphatic carbocycles. The molecule has 0 aromatic carbocycles. The molecule has 0 spiro atoms. The Kier molecular flexibility index (Phi) is 2.38. The zero-order valence-corrected chi connectivity index (χ0v) is 7.72. The molecule has 0 heterocycles. The van der Waals surface area contributed by atoms with Gasteiger partial charge in [0.2, 0.25) is 0 Å². The van der Waals surface area contributed by atoms with E-state index in [0.29, 0.717) is 0 Å². The smallest absolute Gasteiger partial charge is 0.0380 e. The zero-order chi connectivity index (χ0) is 7.72. The van der Waals surface area contributed by atoms with E-state index in [1.165, 1.54) is 0 Å². The van der Waals surface area contributed by atoms with Gasteiger partial charge < -0.3 is 0 Å². The van der Waals surface area contributed by atoms with Gasteiger partial charge in [-0.2, -0.15) is 0 Å².